The average Bonchev–Trinajstić information content (AvgIpc) is 2.43. The topological polar surface area (TPSA) is 52.3 Å². The third-order valence-corrected chi connectivity index (χ3v) is 2.44. The van der Waals surface area contributed by atoms with Crippen molar-refractivity contribution in [2.75, 3.05) is 6.61 Å². The van der Waals surface area contributed by atoms with Gasteiger partial charge in [0.15, 0.2) is 5.78 Å². The molecule has 1 aromatic carbocycles. The molecule has 3 nitrogen and oxygen atoms in total. The van der Waals surface area contributed by atoms with Crippen molar-refractivity contribution in [3.8, 4) is 5.75 Å². The number of fused-ring (bicyclic) bond motifs is 1. The van der Waals surface area contributed by atoms with Crippen molar-refractivity contribution in [1.82, 2.24) is 0 Å². The van der Waals surface area contributed by atoms with Crippen molar-refractivity contribution >= 4 is 5.78 Å². The summed E-state index contributed by atoms with van der Waals surface area (Å²) in [5.74, 6) is 0.923. The number of carbonyl (C=O) groups is 1. The van der Waals surface area contributed by atoms with Crippen LogP contribution in [-0.2, 0) is 0 Å². The minimum atomic E-state index is -0.155. The summed E-state index contributed by atoms with van der Waals surface area (Å²) in [7, 11) is 0. The van der Waals surface area contributed by atoms with Gasteiger partial charge in [-0.25, -0.2) is 0 Å². The molecule has 0 aromatic heterocycles. The van der Waals surface area contributed by atoms with Crippen molar-refractivity contribution in [1.29, 1.82) is 0 Å². The van der Waals surface area contributed by atoms with Gasteiger partial charge >= 0.3 is 0 Å². The van der Waals surface area contributed by atoms with E-state index in [-0.39, 0.29) is 11.8 Å². The normalized spacial score (nSPS) is 19.6. The highest BCUT2D eigenvalue weighted by Gasteiger charge is 2.26. The van der Waals surface area contributed by atoms with Crippen LogP contribution in [0.15, 0.2) is 18.2 Å². The summed E-state index contributed by atoms with van der Waals surface area (Å²) in [5, 5.41) is 0. The highest BCUT2D eigenvalue weighted by molar-refractivity contribution is 6.01. The molecule has 0 radical (unpaired) electrons. The number of benzene rings is 1. The molecule has 1 aromatic rings. The number of carbonyl (C=O) groups excluding carboxylic acids is 1. The zero-order valence-corrected chi connectivity index (χ0v) is 8.12. The van der Waals surface area contributed by atoms with E-state index in [9.17, 15) is 4.79 Å². The molecular formula is C11H13NO2. The molecule has 0 saturated heterocycles. The second kappa shape index (κ2) is 3.42. The Morgan fingerprint density at radius 3 is 3.07 bits per heavy atom. The van der Waals surface area contributed by atoms with E-state index in [1.807, 2.05) is 19.1 Å². The van der Waals surface area contributed by atoms with Crippen LogP contribution in [0.5, 0.6) is 5.75 Å². The van der Waals surface area contributed by atoms with Crippen LogP contribution in [0.3, 0.4) is 0 Å². The Bertz CT molecular complexity index is 374. The minimum Gasteiger partial charge on any atom is -0.494 e. The zero-order chi connectivity index (χ0) is 10.1. The van der Waals surface area contributed by atoms with Gasteiger partial charge in [0.05, 0.1) is 6.61 Å². The predicted octanol–water partition coefficient (Wildman–Crippen LogP) is 1.67. The van der Waals surface area contributed by atoms with Crippen molar-refractivity contribution in [2.24, 2.45) is 5.73 Å². The first-order chi connectivity index (χ1) is 6.72. The Kier molecular flexibility index (Phi) is 2.25. The lowest BCUT2D eigenvalue weighted by Crippen LogP contribution is -2.06. The molecule has 2 rings (SSSR count). The third-order valence-electron chi connectivity index (χ3n) is 2.44. The molecule has 0 fully saturated rings. The molecule has 1 unspecified atom stereocenters. The Morgan fingerprint density at radius 2 is 2.36 bits per heavy atom. The number of ether oxygens (including phenoxy) is 1. The van der Waals surface area contributed by atoms with E-state index in [4.69, 9.17) is 10.5 Å². The van der Waals surface area contributed by atoms with Gasteiger partial charge in [-0.15, -0.1) is 0 Å². The number of ketones is 1. The number of nitrogens with two attached hydrogens (primary N) is 1. The van der Waals surface area contributed by atoms with E-state index < -0.39 is 0 Å². The SMILES string of the molecule is CCOc1ccc2c(c1)C(N)CC2=O. The molecule has 14 heavy (non-hydrogen) atoms. The van der Waals surface area contributed by atoms with Crippen LogP contribution in [0.4, 0.5) is 0 Å². The number of Topliss-reactive ketones (excluding diaryl/α,β-unsaturated/α-hetero) is 1. The summed E-state index contributed by atoms with van der Waals surface area (Å²) in [5.41, 5.74) is 7.49. The van der Waals surface area contributed by atoms with E-state index in [1.165, 1.54) is 0 Å². The summed E-state index contributed by atoms with van der Waals surface area (Å²) in [6.07, 6.45) is 0.422. The number of hydrogen-bond acceptors (Lipinski definition) is 3. The molecule has 2 N–H and O–H groups in total. The van der Waals surface area contributed by atoms with Crippen molar-refractivity contribution in [3.05, 3.63) is 29.3 Å². The van der Waals surface area contributed by atoms with Gasteiger partial charge < -0.3 is 10.5 Å². The van der Waals surface area contributed by atoms with Crippen LogP contribution >= 0.6 is 0 Å². The summed E-state index contributed by atoms with van der Waals surface area (Å²) in [6.45, 7) is 2.56. The molecule has 0 amide bonds. The zero-order valence-electron chi connectivity index (χ0n) is 8.12. The Balaban J connectivity index is 2.39. The molecule has 3 heteroatoms. The fourth-order valence-corrected chi connectivity index (χ4v) is 1.78. The van der Waals surface area contributed by atoms with Crippen LogP contribution in [0.1, 0.15) is 35.3 Å². The first-order valence-corrected chi connectivity index (χ1v) is 4.78. The summed E-state index contributed by atoms with van der Waals surface area (Å²) in [4.78, 5) is 11.4. The van der Waals surface area contributed by atoms with Crippen molar-refractivity contribution in [3.63, 3.8) is 0 Å². The van der Waals surface area contributed by atoms with Gasteiger partial charge in [-0.3, -0.25) is 4.79 Å². The maximum Gasteiger partial charge on any atom is 0.165 e. The molecule has 0 heterocycles. The lowest BCUT2D eigenvalue weighted by atomic mass is 10.1. The molecule has 0 spiro atoms. The largest absolute Gasteiger partial charge is 0.494 e. The number of hydrogen-bond donors (Lipinski definition) is 1. The standard InChI is InChI=1S/C11H13NO2/c1-2-14-7-3-4-8-9(5-7)10(12)6-11(8)13/h3-5,10H,2,6,12H2,1H3. The van der Waals surface area contributed by atoms with Gasteiger partial charge in [0.25, 0.3) is 0 Å². The maximum absolute atomic E-state index is 11.4. The van der Waals surface area contributed by atoms with E-state index >= 15 is 0 Å². The Labute approximate surface area is 82.9 Å². The Morgan fingerprint density at radius 1 is 1.57 bits per heavy atom. The lowest BCUT2D eigenvalue weighted by molar-refractivity contribution is 0.0989. The van der Waals surface area contributed by atoms with Gasteiger partial charge in [-0.05, 0) is 30.7 Å². The smallest absolute Gasteiger partial charge is 0.165 e. The molecule has 0 aliphatic heterocycles. The average molecular weight is 191 g/mol. The quantitative estimate of drug-likeness (QED) is 0.773. The van der Waals surface area contributed by atoms with Crippen LogP contribution in [-0.4, -0.2) is 12.4 Å². The maximum atomic E-state index is 11.4. The highest BCUT2D eigenvalue weighted by atomic mass is 16.5. The minimum absolute atomic E-state index is 0.135. The fraction of sp³-hybridized carbons (Fsp3) is 0.364. The van der Waals surface area contributed by atoms with Gasteiger partial charge in [0.1, 0.15) is 5.75 Å². The molecule has 1 atom stereocenters. The van der Waals surface area contributed by atoms with E-state index in [0.29, 0.717) is 13.0 Å². The second-order valence-electron chi connectivity index (χ2n) is 3.42. The molecule has 1 aliphatic rings. The lowest BCUT2D eigenvalue weighted by Gasteiger charge is -2.07. The first kappa shape index (κ1) is 9.21. The van der Waals surface area contributed by atoms with E-state index in [2.05, 4.69) is 0 Å². The summed E-state index contributed by atoms with van der Waals surface area (Å²) in [6, 6.07) is 5.33. The molecule has 1 aliphatic carbocycles. The van der Waals surface area contributed by atoms with Crippen LogP contribution in [0.25, 0.3) is 0 Å². The number of rotatable bonds is 2. The second-order valence-corrected chi connectivity index (χ2v) is 3.42. The van der Waals surface area contributed by atoms with Crippen molar-refractivity contribution in [2.45, 2.75) is 19.4 Å². The van der Waals surface area contributed by atoms with Crippen LogP contribution < -0.4 is 10.5 Å². The van der Waals surface area contributed by atoms with E-state index in [0.717, 1.165) is 16.9 Å². The fourth-order valence-electron chi connectivity index (χ4n) is 1.78. The third kappa shape index (κ3) is 1.40. The summed E-state index contributed by atoms with van der Waals surface area (Å²) >= 11 is 0. The predicted molar refractivity (Wildman–Crippen MR) is 53.5 cm³/mol. The van der Waals surface area contributed by atoms with Gasteiger partial charge in [0, 0.05) is 18.0 Å². The van der Waals surface area contributed by atoms with Gasteiger partial charge in [0.2, 0.25) is 0 Å². The van der Waals surface area contributed by atoms with Gasteiger partial charge in [-0.2, -0.15) is 0 Å². The monoisotopic (exact) mass is 191 g/mol. The van der Waals surface area contributed by atoms with Crippen LogP contribution in [0, 0.1) is 0 Å². The molecular weight excluding hydrogens is 178 g/mol. The highest BCUT2D eigenvalue weighted by Crippen LogP contribution is 2.31. The first-order valence-electron chi connectivity index (χ1n) is 4.78. The van der Waals surface area contributed by atoms with E-state index in [1.54, 1.807) is 6.07 Å². The molecule has 74 valence electrons. The molecule has 0 bridgehead atoms. The van der Waals surface area contributed by atoms with Gasteiger partial charge in [-0.1, -0.05) is 0 Å². The van der Waals surface area contributed by atoms with Crippen molar-refractivity contribution < 1.29 is 9.53 Å². The molecule has 0 saturated carbocycles. The van der Waals surface area contributed by atoms with Crippen LogP contribution in [0.2, 0.25) is 0 Å². The Hall–Kier alpha value is -1.35. The summed E-state index contributed by atoms with van der Waals surface area (Å²) < 4.78 is 5.35.